The highest BCUT2D eigenvalue weighted by atomic mass is 32.1. The van der Waals surface area contributed by atoms with Crippen LogP contribution in [0.4, 0.5) is 0 Å². The van der Waals surface area contributed by atoms with Gasteiger partial charge >= 0.3 is 0 Å². The maximum atomic E-state index is 12.2. The molecule has 1 aliphatic heterocycles. The van der Waals surface area contributed by atoms with Gasteiger partial charge in [-0.15, -0.1) is 0 Å². The van der Waals surface area contributed by atoms with Crippen LogP contribution in [0.25, 0.3) is 0 Å². The summed E-state index contributed by atoms with van der Waals surface area (Å²) in [4.78, 5) is 14.1. The van der Waals surface area contributed by atoms with Crippen molar-refractivity contribution < 1.29 is 4.79 Å². The third-order valence-corrected chi connectivity index (χ3v) is 3.59. The molecule has 0 aromatic carbocycles. The zero-order valence-corrected chi connectivity index (χ0v) is 10.1. The van der Waals surface area contributed by atoms with E-state index in [1.54, 1.807) is 0 Å². The second kappa shape index (κ2) is 4.88. The molecule has 0 bridgehead atoms. The Morgan fingerprint density at radius 1 is 1.69 bits per heavy atom. The minimum absolute atomic E-state index is 0.0311. The summed E-state index contributed by atoms with van der Waals surface area (Å²) in [5.41, 5.74) is 6.16. The van der Waals surface area contributed by atoms with Gasteiger partial charge in [-0.25, -0.2) is 0 Å². The van der Waals surface area contributed by atoms with E-state index < -0.39 is 0 Å². The van der Waals surface area contributed by atoms with Gasteiger partial charge in [0, 0.05) is 18.6 Å². The third-order valence-electron chi connectivity index (χ3n) is 3.11. The lowest BCUT2D eigenvalue weighted by Crippen LogP contribution is -2.51. The smallest absolute Gasteiger partial charge is 0.275 e. The number of likely N-dealkylation sites (tertiary alicyclic amines) is 1. The van der Waals surface area contributed by atoms with Crippen LogP contribution in [-0.2, 0) is 0 Å². The fourth-order valence-electron chi connectivity index (χ4n) is 2.28. The summed E-state index contributed by atoms with van der Waals surface area (Å²) >= 11 is 1.06. The van der Waals surface area contributed by atoms with E-state index in [-0.39, 0.29) is 18.0 Å². The predicted molar refractivity (Wildman–Crippen MR) is 62.2 cm³/mol. The van der Waals surface area contributed by atoms with Crippen LogP contribution in [0.3, 0.4) is 0 Å². The molecular formula is C10H16N4OS. The Morgan fingerprint density at radius 2 is 2.50 bits per heavy atom. The van der Waals surface area contributed by atoms with E-state index in [0.717, 1.165) is 31.0 Å². The van der Waals surface area contributed by atoms with Crippen molar-refractivity contribution >= 4 is 17.6 Å². The van der Waals surface area contributed by atoms with Crippen LogP contribution >= 0.6 is 11.7 Å². The molecule has 1 saturated heterocycles. The molecule has 1 aromatic rings. The number of carbonyl (C=O) groups excluding carboxylic acids is 1. The first-order valence-corrected chi connectivity index (χ1v) is 6.27. The van der Waals surface area contributed by atoms with E-state index in [2.05, 4.69) is 15.7 Å². The fourth-order valence-corrected chi connectivity index (χ4v) is 2.68. The Bertz CT molecular complexity index is 354. The molecule has 0 aliphatic carbocycles. The summed E-state index contributed by atoms with van der Waals surface area (Å²) < 4.78 is 7.86. The molecule has 1 aliphatic rings. The normalized spacial score (nSPS) is 25.8. The first kappa shape index (κ1) is 11.5. The molecule has 1 aromatic heterocycles. The van der Waals surface area contributed by atoms with Crippen molar-refractivity contribution in [3.8, 4) is 0 Å². The van der Waals surface area contributed by atoms with E-state index in [0.29, 0.717) is 12.2 Å². The minimum Gasteiger partial charge on any atom is -0.330 e. The molecule has 16 heavy (non-hydrogen) atoms. The standard InChI is InChI=1S/C10H16N4OS/c1-7-3-2-4-8(5-11)14(7)10(15)9-6-12-16-13-9/h6-8H,2-5,11H2,1H3. The molecule has 0 radical (unpaired) electrons. The van der Waals surface area contributed by atoms with Gasteiger partial charge in [-0.3, -0.25) is 4.79 Å². The maximum absolute atomic E-state index is 12.2. The maximum Gasteiger partial charge on any atom is 0.275 e. The highest BCUT2D eigenvalue weighted by Gasteiger charge is 2.32. The molecule has 1 fully saturated rings. The molecule has 6 heteroatoms. The number of carbonyl (C=O) groups is 1. The van der Waals surface area contributed by atoms with Crippen molar-refractivity contribution in [2.24, 2.45) is 5.73 Å². The molecule has 2 unspecified atom stereocenters. The van der Waals surface area contributed by atoms with Gasteiger partial charge in [0.15, 0.2) is 5.69 Å². The van der Waals surface area contributed by atoms with Gasteiger partial charge < -0.3 is 10.6 Å². The number of piperidine rings is 1. The Labute approximate surface area is 99.0 Å². The third kappa shape index (κ3) is 2.08. The predicted octanol–water partition coefficient (Wildman–Crippen LogP) is 0.880. The van der Waals surface area contributed by atoms with Gasteiger partial charge in [-0.2, -0.15) is 8.75 Å². The first-order chi connectivity index (χ1) is 7.74. The molecule has 5 nitrogen and oxygen atoms in total. The van der Waals surface area contributed by atoms with Crippen molar-refractivity contribution in [3.05, 3.63) is 11.9 Å². The lowest BCUT2D eigenvalue weighted by Gasteiger charge is -2.39. The lowest BCUT2D eigenvalue weighted by atomic mass is 9.96. The van der Waals surface area contributed by atoms with Crippen LogP contribution in [-0.4, -0.2) is 38.2 Å². The molecule has 1 amide bonds. The number of aromatic nitrogens is 2. The summed E-state index contributed by atoms with van der Waals surface area (Å²) in [6.45, 7) is 2.59. The first-order valence-electron chi connectivity index (χ1n) is 5.54. The van der Waals surface area contributed by atoms with Gasteiger partial charge in [-0.05, 0) is 26.2 Å². The molecule has 2 atom stereocenters. The number of rotatable bonds is 2. The average molecular weight is 240 g/mol. The molecule has 0 spiro atoms. The summed E-state index contributed by atoms with van der Waals surface area (Å²) in [7, 11) is 0. The fraction of sp³-hybridized carbons (Fsp3) is 0.700. The summed E-state index contributed by atoms with van der Waals surface area (Å²) in [6, 6.07) is 0.398. The van der Waals surface area contributed by atoms with E-state index in [4.69, 9.17) is 5.73 Å². The molecule has 2 N–H and O–H groups in total. The van der Waals surface area contributed by atoms with Gasteiger partial charge in [0.25, 0.3) is 5.91 Å². The van der Waals surface area contributed by atoms with Crippen molar-refractivity contribution in [1.29, 1.82) is 0 Å². The van der Waals surface area contributed by atoms with Gasteiger partial charge in [-0.1, -0.05) is 0 Å². The van der Waals surface area contributed by atoms with Crippen LogP contribution in [0.2, 0.25) is 0 Å². The molecule has 2 rings (SSSR count). The van der Waals surface area contributed by atoms with E-state index in [1.165, 1.54) is 6.20 Å². The number of nitrogens with two attached hydrogens (primary N) is 1. The molecule has 0 saturated carbocycles. The van der Waals surface area contributed by atoms with Crippen LogP contribution in [0, 0.1) is 0 Å². The highest BCUT2D eigenvalue weighted by molar-refractivity contribution is 6.99. The molecule has 88 valence electrons. The summed E-state index contributed by atoms with van der Waals surface area (Å²) in [5, 5.41) is 0. The highest BCUT2D eigenvalue weighted by Crippen LogP contribution is 2.23. The Kier molecular flexibility index (Phi) is 3.50. The number of nitrogens with zero attached hydrogens (tertiary/aromatic N) is 3. The number of amides is 1. The van der Waals surface area contributed by atoms with Crippen LogP contribution in [0.5, 0.6) is 0 Å². The second-order valence-electron chi connectivity index (χ2n) is 4.17. The van der Waals surface area contributed by atoms with E-state index in [9.17, 15) is 4.79 Å². The zero-order valence-electron chi connectivity index (χ0n) is 9.30. The van der Waals surface area contributed by atoms with Gasteiger partial charge in [0.05, 0.1) is 17.9 Å². The van der Waals surface area contributed by atoms with Crippen LogP contribution in [0.1, 0.15) is 36.7 Å². The number of hydrogen-bond donors (Lipinski definition) is 1. The van der Waals surface area contributed by atoms with Gasteiger partial charge in [0.2, 0.25) is 0 Å². The Hall–Kier alpha value is -1.01. The van der Waals surface area contributed by atoms with Crippen molar-refractivity contribution in [1.82, 2.24) is 13.6 Å². The summed E-state index contributed by atoms with van der Waals surface area (Å²) in [6.07, 6.45) is 4.70. The van der Waals surface area contributed by atoms with Crippen LogP contribution < -0.4 is 5.73 Å². The number of hydrogen-bond acceptors (Lipinski definition) is 5. The second-order valence-corrected chi connectivity index (χ2v) is 4.73. The lowest BCUT2D eigenvalue weighted by molar-refractivity contribution is 0.0489. The van der Waals surface area contributed by atoms with Crippen LogP contribution in [0.15, 0.2) is 6.20 Å². The monoisotopic (exact) mass is 240 g/mol. The Balaban J connectivity index is 2.19. The van der Waals surface area contributed by atoms with Gasteiger partial charge in [0.1, 0.15) is 0 Å². The van der Waals surface area contributed by atoms with Crippen molar-refractivity contribution in [3.63, 3.8) is 0 Å². The zero-order chi connectivity index (χ0) is 11.5. The largest absolute Gasteiger partial charge is 0.330 e. The minimum atomic E-state index is -0.0311. The summed E-state index contributed by atoms with van der Waals surface area (Å²) in [5.74, 6) is -0.0311. The molecule has 2 heterocycles. The molecular weight excluding hydrogens is 224 g/mol. The van der Waals surface area contributed by atoms with E-state index in [1.807, 2.05) is 4.90 Å². The van der Waals surface area contributed by atoms with Crippen molar-refractivity contribution in [2.75, 3.05) is 6.54 Å². The Morgan fingerprint density at radius 3 is 3.12 bits per heavy atom. The SMILES string of the molecule is CC1CCCC(CN)N1C(=O)c1cnsn1. The average Bonchev–Trinajstić information content (AvgIpc) is 2.81. The van der Waals surface area contributed by atoms with Crippen molar-refractivity contribution in [2.45, 2.75) is 38.3 Å². The quantitative estimate of drug-likeness (QED) is 0.833. The topological polar surface area (TPSA) is 72.1 Å². The van der Waals surface area contributed by atoms with E-state index >= 15 is 0 Å².